The predicted molar refractivity (Wildman–Crippen MR) is 82.0 cm³/mol. The molecule has 0 radical (unpaired) electrons. The van der Waals surface area contributed by atoms with Crippen LogP contribution in [0.1, 0.15) is 34.0 Å². The fourth-order valence-corrected chi connectivity index (χ4v) is 2.02. The van der Waals surface area contributed by atoms with E-state index in [0.717, 1.165) is 22.4 Å². The molecule has 0 saturated heterocycles. The highest BCUT2D eigenvalue weighted by Crippen LogP contribution is 2.08. The standard InChI is InChI=1S/C17H18N2O/c1-12-7-6-9-15(11-12)17(20)19-18-14(3)16-10-5-4-8-13(16)2/h4-11H,1-3H3,(H,19,20)/b18-14+. The second-order valence-electron chi connectivity index (χ2n) is 4.82. The molecule has 1 amide bonds. The first kappa shape index (κ1) is 14.0. The third-order valence-electron chi connectivity index (χ3n) is 3.14. The van der Waals surface area contributed by atoms with Gasteiger partial charge in [-0.3, -0.25) is 4.79 Å². The molecule has 0 unspecified atom stereocenters. The van der Waals surface area contributed by atoms with Gasteiger partial charge in [0, 0.05) is 11.1 Å². The highest BCUT2D eigenvalue weighted by atomic mass is 16.2. The molecule has 0 aromatic heterocycles. The molecule has 0 heterocycles. The molecule has 0 fully saturated rings. The van der Waals surface area contributed by atoms with Crippen LogP contribution in [0.2, 0.25) is 0 Å². The normalized spacial score (nSPS) is 11.2. The van der Waals surface area contributed by atoms with Crippen LogP contribution in [0, 0.1) is 13.8 Å². The maximum absolute atomic E-state index is 12.0. The summed E-state index contributed by atoms with van der Waals surface area (Å²) in [5.74, 6) is -0.193. The molecule has 3 nitrogen and oxygen atoms in total. The number of hydrogen-bond acceptors (Lipinski definition) is 2. The van der Waals surface area contributed by atoms with Gasteiger partial charge in [0.1, 0.15) is 0 Å². The molecule has 0 aliphatic heterocycles. The summed E-state index contributed by atoms with van der Waals surface area (Å²) in [7, 11) is 0. The molecule has 0 aliphatic carbocycles. The summed E-state index contributed by atoms with van der Waals surface area (Å²) in [5.41, 5.74) is 7.24. The second kappa shape index (κ2) is 6.15. The molecular formula is C17H18N2O. The monoisotopic (exact) mass is 266 g/mol. The van der Waals surface area contributed by atoms with E-state index in [1.807, 2.05) is 63.2 Å². The van der Waals surface area contributed by atoms with E-state index >= 15 is 0 Å². The van der Waals surface area contributed by atoms with Gasteiger partial charge in [-0.1, -0.05) is 42.0 Å². The van der Waals surface area contributed by atoms with E-state index in [4.69, 9.17) is 0 Å². The first-order chi connectivity index (χ1) is 9.58. The Hall–Kier alpha value is -2.42. The van der Waals surface area contributed by atoms with E-state index in [1.165, 1.54) is 0 Å². The van der Waals surface area contributed by atoms with Gasteiger partial charge in [-0.2, -0.15) is 5.10 Å². The molecule has 3 heteroatoms. The van der Waals surface area contributed by atoms with Gasteiger partial charge < -0.3 is 0 Å². The molecule has 2 aromatic carbocycles. The maximum Gasteiger partial charge on any atom is 0.271 e. The van der Waals surface area contributed by atoms with Crippen LogP contribution in [0.4, 0.5) is 0 Å². The van der Waals surface area contributed by atoms with Gasteiger partial charge in [0.05, 0.1) is 5.71 Å². The lowest BCUT2D eigenvalue weighted by Gasteiger charge is -2.06. The van der Waals surface area contributed by atoms with Crippen LogP contribution in [-0.4, -0.2) is 11.6 Å². The Labute approximate surface area is 119 Å². The minimum Gasteiger partial charge on any atom is -0.267 e. The van der Waals surface area contributed by atoms with Crippen LogP contribution in [-0.2, 0) is 0 Å². The zero-order valence-corrected chi connectivity index (χ0v) is 12.0. The highest BCUT2D eigenvalue weighted by Gasteiger charge is 2.05. The minimum atomic E-state index is -0.193. The Bertz CT molecular complexity index is 660. The molecule has 20 heavy (non-hydrogen) atoms. The lowest BCUT2D eigenvalue weighted by Crippen LogP contribution is -2.19. The van der Waals surface area contributed by atoms with E-state index in [1.54, 1.807) is 6.07 Å². The molecule has 102 valence electrons. The summed E-state index contributed by atoms with van der Waals surface area (Å²) in [6.07, 6.45) is 0. The van der Waals surface area contributed by atoms with Crippen LogP contribution in [0.15, 0.2) is 53.6 Å². The van der Waals surface area contributed by atoms with Gasteiger partial charge >= 0.3 is 0 Å². The van der Waals surface area contributed by atoms with Gasteiger partial charge in [0.25, 0.3) is 5.91 Å². The van der Waals surface area contributed by atoms with Crippen molar-refractivity contribution in [2.75, 3.05) is 0 Å². The SMILES string of the molecule is C/C(=N\NC(=O)c1cccc(C)c1)c1ccccc1C. The zero-order chi connectivity index (χ0) is 14.5. The number of aryl methyl sites for hydroxylation is 2. The first-order valence-corrected chi connectivity index (χ1v) is 6.55. The van der Waals surface area contributed by atoms with Crippen molar-refractivity contribution in [3.8, 4) is 0 Å². The van der Waals surface area contributed by atoms with Crippen LogP contribution < -0.4 is 5.43 Å². The summed E-state index contributed by atoms with van der Waals surface area (Å²) in [6, 6.07) is 15.4. The van der Waals surface area contributed by atoms with Gasteiger partial charge in [0.15, 0.2) is 0 Å². The molecule has 1 N–H and O–H groups in total. The molecule has 0 aliphatic rings. The Balaban J connectivity index is 2.13. The van der Waals surface area contributed by atoms with Crippen LogP contribution in [0.3, 0.4) is 0 Å². The number of benzene rings is 2. The summed E-state index contributed by atoms with van der Waals surface area (Å²) < 4.78 is 0. The highest BCUT2D eigenvalue weighted by molar-refractivity contribution is 6.01. The zero-order valence-electron chi connectivity index (χ0n) is 12.0. The van der Waals surface area contributed by atoms with Gasteiger partial charge in [0.2, 0.25) is 0 Å². The van der Waals surface area contributed by atoms with Crippen LogP contribution in [0.5, 0.6) is 0 Å². The molecule has 0 atom stereocenters. The largest absolute Gasteiger partial charge is 0.271 e. The van der Waals surface area contributed by atoms with Crippen molar-refractivity contribution in [2.45, 2.75) is 20.8 Å². The van der Waals surface area contributed by atoms with Crippen LogP contribution in [0.25, 0.3) is 0 Å². The summed E-state index contributed by atoms with van der Waals surface area (Å²) in [5, 5.41) is 4.18. The topological polar surface area (TPSA) is 41.5 Å². The average molecular weight is 266 g/mol. The number of nitrogens with one attached hydrogen (secondary N) is 1. The molecule has 2 aromatic rings. The summed E-state index contributed by atoms with van der Waals surface area (Å²) in [6.45, 7) is 5.87. The Morgan fingerprint density at radius 2 is 1.80 bits per heavy atom. The summed E-state index contributed by atoms with van der Waals surface area (Å²) >= 11 is 0. The fraction of sp³-hybridized carbons (Fsp3) is 0.176. The van der Waals surface area contributed by atoms with Crippen molar-refractivity contribution in [2.24, 2.45) is 5.10 Å². The fourth-order valence-electron chi connectivity index (χ4n) is 2.02. The first-order valence-electron chi connectivity index (χ1n) is 6.55. The van der Waals surface area contributed by atoms with E-state index in [9.17, 15) is 4.79 Å². The molecule has 0 saturated carbocycles. The molecule has 0 spiro atoms. The maximum atomic E-state index is 12.0. The Kier molecular flexibility index (Phi) is 4.31. The third-order valence-corrected chi connectivity index (χ3v) is 3.14. The second-order valence-corrected chi connectivity index (χ2v) is 4.82. The van der Waals surface area contributed by atoms with E-state index < -0.39 is 0 Å². The lowest BCUT2D eigenvalue weighted by molar-refractivity contribution is 0.0954. The number of carbonyl (C=O) groups is 1. The van der Waals surface area contributed by atoms with Crippen molar-refractivity contribution >= 4 is 11.6 Å². The van der Waals surface area contributed by atoms with Gasteiger partial charge in [-0.05, 0) is 38.5 Å². The number of amides is 1. The molecule has 2 rings (SSSR count). The lowest BCUT2D eigenvalue weighted by atomic mass is 10.1. The van der Waals surface area contributed by atoms with Gasteiger partial charge in [-0.15, -0.1) is 0 Å². The Morgan fingerprint density at radius 3 is 2.50 bits per heavy atom. The predicted octanol–water partition coefficient (Wildman–Crippen LogP) is 3.46. The number of hydrogen-bond donors (Lipinski definition) is 1. The molecular weight excluding hydrogens is 248 g/mol. The average Bonchev–Trinajstić information content (AvgIpc) is 2.45. The number of carbonyl (C=O) groups excluding carboxylic acids is 1. The Morgan fingerprint density at radius 1 is 1.05 bits per heavy atom. The van der Waals surface area contributed by atoms with E-state index in [-0.39, 0.29) is 5.91 Å². The number of rotatable bonds is 3. The number of nitrogens with zero attached hydrogens (tertiary/aromatic N) is 1. The van der Waals surface area contributed by atoms with Crippen LogP contribution >= 0.6 is 0 Å². The summed E-state index contributed by atoms with van der Waals surface area (Å²) in [4.78, 5) is 12.0. The van der Waals surface area contributed by atoms with Crippen molar-refractivity contribution in [3.05, 3.63) is 70.8 Å². The van der Waals surface area contributed by atoms with Crippen molar-refractivity contribution in [3.63, 3.8) is 0 Å². The quantitative estimate of drug-likeness (QED) is 0.671. The van der Waals surface area contributed by atoms with Crippen molar-refractivity contribution in [1.82, 2.24) is 5.43 Å². The van der Waals surface area contributed by atoms with Gasteiger partial charge in [-0.25, -0.2) is 5.43 Å². The van der Waals surface area contributed by atoms with Crippen molar-refractivity contribution in [1.29, 1.82) is 0 Å². The minimum absolute atomic E-state index is 0.193. The third kappa shape index (κ3) is 3.32. The van der Waals surface area contributed by atoms with Crippen molar-refractivity contribution < 1.29 is 4.79 Å². The van der Waals surface area contributed by atoms with E-state index in [0.29, 0.717) is 5.56 Å². The smallest absolute Gasteiger partial charge is 0.267 e. The number of hydrazone groups is 1. The van der Waals surface area contributed by atoms with E-state index in [2.05, 4.69) is 10.5 Å². The molecule has 0 bridgehead atoms.